The van der Waals surface area contributed by atoms with E-state index in [0.29, 0.717) is 0 Å². The normalized spacial score (nSPS) is 25.1. The molecule has 3 rings (SSSR count). The zero-order chi connectivity index (χ0) is 17.5. The van der Waals surface area contributed by atoms with Gasteiger partial charge in [0.1, 0.15) is 0 Å². The molecule has 1 unspecified atom stereocenters. The molecule has 1 aliphatic carbocycles. The van der Waals surface area contributed by atoms with Gasteiger partial charge in [-0.2, -0.15) is 0 Å². The summed E-state index contributed by atoms with van der Waals surface area (Å²) >= 11 is 6.25. The van der Waals surface area contributed by atoms with Gasteiger partial charge < -0.3 is 16.0 Å². The van der Waals surface area contributed by atoms with Crippen molar-refractivity contribution in [3.8, 4) is 0 Å². The fourth-order valence-corrected chi connectivity index (χ4v) is 4.85. The smallest absolute Gasteiger partial charge is 0.315 e. The highest BCUT2D eigenvalue weighted by molar-refractivity contribution is 6.31. The van der Waals surface area contributed by atoms with E-state index in [1.165, 1.54) is 5.56 Å². The van der Waals surface area contributed by atoms with Crippen LogP contribution in [0.1, 0.15) is 64.1 Å². The van der Waals surface area contributed by atoms with E-state index in [-0.39, 0.29) is 29.2 Å². The number of halogens is 1. The topological polar surface area (TPSA) is 53.2 Å². The maximum absolute atomic E-state index is 12.5. The van der Waals surface area contributed by atoms with Crippen molar-refractivity contribution >= 4 is 17.6 Å². The van der Waals surface area contributed by atoms with Crippen molar-refractivity contribution in [1.29, 1.82) is 0 Å². The number of carbonyl (C=O) groups is 1. The van der Waals surface area contributed by atoms with Gasteiger partial charge in [-0.3, -0.25) is 0 Å². The van der Waals surface area contributed by atoms with E-state index in [9.17, 15) is 4.79 Å². The molecular weight excluding hydrogens is 322 g/mol. The van der Waals surface area contributed by atoms with Gasteiger partial charge in [0, 0.05) is 22.1 Å². The molecular formula is C19H28ClN3O. The zero-order valence-electron chi connectivity index (χ0n) is 15.0. The minimum absolute atomic E-state index is 0.0210. The Morgan fingerprint density at radius 1 is 1.17 bits per heavy atom. The first-order chi connectivity index (χ1) is 11.2. The second-order valence-corrected chi connectivity index (χ2v) is 8.92. The number of hydrogen-bond acceptors (Lipinski definition) is 2. The van der Waals surface area contributed by atoms with E-state index in [1.54, 1.807) is 0 Å². The van der Waals surface area contributed by atoms with Gasteiger partial charge >= 0.3 is 6.03 Å². The van der Waals surface area contributed by atoms with Crippen molar-refractivity contribution < 1.29 is 4.79 Å². The van der Waals surface area contributed by atoms with Crippen molar-refractivity contribution in [2.24, 2.45) is 0 Å². The Labute approximate surface area is 149 Å². The van der Waals surface area contributed by atoms with Gasteiger partial charge in [-0.25, -0.2) is 4.79 Å². The number of fused-ring (bicyclic) bond motifs is 1. The minimum Gasteiger partial charge on any atom is -0.335 e. The van der Waals surface area contributed by atoms with Crippen LogP contribution in [-0.2, 0) is 6.42 Å². The first kappa shape index (κ1) is 17.6. The molecule has 1 aliphatic heterocycles. The maximum Gasteiger partial charge on any atom is 0.315 e. The Kier molecular flexibility index (Phi) is 4.56. The first-order valence-corrected chi connectivity index (χ1v) is 9.17. The lowest BCUT2D eigenvalue weighted by Crippen LogP contribution is -2.62. The van der Waals surface area contributed by atoms with Crippen molar-refractivity contribution in [3.63, 3.8) is 0 Å². The largest absolute Gasteiger partial charge is 0.335 e. The highest BCUT2D eigenvalue weighted by Crippen LogP contribution is 2.35. The van der Waals surface area contributed by atoms with Crippen molar-refractivity contribution in [2.45, 2.75) is 76.5 Å². The molecule has 5 heteroatoms. The average molecular weight is 350 g/mol. The molecule has 132 valence electrons. The van der Waals surface area contributed by atoms with Crippen LogP contribution in [0.4, 0.5) is 4.79 Å². The summed E-state index contributed by atoms with van der Waals surface area (Å²) in [6.45, 7) is 8.76. The molecule has 1 aromatic carbocycles. The third-order valence-electron chi connectivity index (χ3n) is 5.04. The van der Waals surface area contributed by atoms with Gasteiger partial charge in [0.15, 0.2) is 0 Å². The van der Waals surface area contributed by atoms with Crippen molar-refractivity contribution in [3.05, 3.63) is 34.3 Å². The van der Waals surface area contributed by atoms with Crippen LogP contribution in [0.15, 0.2) is 18.2 Å². The number of nitrogens with one attached hydrogen (secondary N) is 3. The highest BCUT2D eigenvalue weighted by atomic mass is 35.5. The van der Waals surface area contributed by atoms with Crippen molar-refractivity contribution in [2.75, 3.05) is 0 Å². The molecule has 0 saturated carbocycles. The summed E-state index contributed by atoms with van der Waals surface area (Å²) in [6, 6.07) is 6.10. The monoisotopic (exact) mass is 349 g/mol. The lowest BCUT2D eigenvalue weighted by Gasteiger charge is -2.46. The lowest BCUT2D eigenvalue weighted by molar-refractivity contribution is 0.147. The summed E-state index contributed by atoms with van der Waals surface area (Å²) < 4.78 is 0. The van der Waals surface area contributed by atoms with Crippen LogP contribution < -0.4 is 16.0 Å². The van der Waals surface area contributed by atoms with Crippen LogP contribution in [0.25, 0.3) is 0 Å². The molecule has 0 spiro atoms. The van der Waals surface area contributed by atoms with E-state index in [2.05, 4.69) is 49.7 Å². The molecule has 1 atom stereocenters. The fourth-order valence-electron chi connectivity index (χ4n) is 4.57. The molecule has 0 aromatic heterocycles. The number of piperidine rings is 1. The summed E-state index contributed by atoms with van der Waals surface area (Å²) in [4.78, 5) is 12.5. The molecule has 24 heavy (non-hydrogen) atoms. The third-order valence-corrected chi connectivity index (χ3v) is 5.40. The van der Waals surface area contributed by atoms with Gasteiger partial charge in [-0.05, 0) is 70.6 Å². The number of carbonyl (C=O) groups excluding carboxylic acids is 1. The molecule has 0 bridgehead atoms. The van der Waals surface area contributed by atoms with E-state index in [4.69, 9.17) is 11.6 Å². The zero-order valence-corrected chi connectivity index (χ0v) is 15.8. The Balaban J connectivity index is 1.62. The Morgan fingerprint density at radius 2 is 1.83 bits per heavy atom. The molecule has 1 saturated heterocycles. The summed E-state index contributed by atoms with van der Waals surface area (Å²) in [5.41, 5.74) is 2.37. The number of hydrogen-bond donors (Lipinski definition) is 3. The molecule has 1 aromatic rings. The van der Waals surface area contributed by atoms with E-state index in [0.717, 1.165) is 36.3 Å². The summed E-state index contributed by atoms with van der Waals surface area (Å²) in [5, 5.41) is 10.8. The number of urea groups is 1. The molecule has 1 fully saturated rings. The minimum atomic E-state index is -0.0775. The molecule has 3 N–H and O–H groups in total. The molecule has 4 nitrogen and oxygen atoms in total. The van der Waals surface area contributed by atoms with Crippen LogP contribution in [0.3, 0.4) is 0 Å². The van der Waals surface area contributed by atoms with E-state index < -0.39 is 0 Å². The molecule has 0 radical (unpaired) electrons. The second-order valence-electron chi connectivity index (χ2n) is 8.51. The standard InChI is InChI=1S/C19H28ClN3O/c1-18(2)10-12(11-19(3,4)23-18)21-17(24)22-16-9-8-13-14(16)6-5-7-15(13)20/h5-7,12,16,23H,8-11H2,1-4H3,(H2,21,22,24). The van der Waals surface area contributed by atoms with E-state index in [1.807, 2.05) is 12.1 Å². The van der Waals surface area contributed by atoms with Gasteiger partial charge in [0.25, 0.3) is 0 Å². The lowest BCUT2D eigenvalue weighted by atomic mass is 9.80. The predicted molar refractivity (Wildman–Crippen MR) is 98.5 cm³/mol. The summed E-state index contributed by atoms with van der Waals surface area (Å²) in [7, 11) is 0. The Bertz CT molecular complexity index is 625. The molecule has 1 heterocycles. The van der Waals surface area contributed by atoms with Gasteiger partial charge in [-0.1, -0.05) is 23.7 Å². The highest BCUT2D eigenvalue weighted by Gasteiger charge is 2.38. The second kappa shape index (κ2) is 6.23. The Hall–Kier alpha value is -1.26. The molecule has 2 aliphatic rings. The first-order valence-electron chi connectivity index (χ1n) is 8.79. The van der Waals surface area contributed by atoms with Crippen LogP contribution in [0.5, 0.6) is 0 Å². The Morgan fingerprint density at radius 3 is 2.50 bits per heavy atom. The molecule has 2 amide bonds. The van der Waals surface area contributed by atoms with Crippen LogP contribution in [-0.4, -0.2) is 23.2 Å². The van der Waals surface area contributed by atoms with Gasteiger partial charge in [0.2, 0.25) is 0 Å². The maximum atomic E-state index is 12.5. The van der Waals surface area contributed by atoms with Crippen LogP contribution >= 0.6 is 11.6 Å². The van der Waals surface area contributed by atoms with Gasteiger partial charge in [-0.15, -0.1) is 0 Å². The summed E-state index contributed by atoms with van der Waals surface area (Å²) in [5.74, 6) is 0. The fraction of sp³-hybridized carbons (Fsp3) is 0.632. The quantitative estimate of drug-likeness (QED) is 0.757. The number of rotatable bonds is 2. The average Bonchev–Trinajstić information content (AvgIpc) is 2.79. The van der Waals surface area contributed by atoms with Gasteiger partial charge in [0.05, 0.1) is 6.04 Å². The van der Waals surface area contributed by atoms with Crippen LogP contribution in [0.2, 0.25) is 5.02 Å². The SMILES string of the molecule is CC1(C)CC(NC(=O)NC2CCc3c(Cl)cccc32)CC(C)(C)N1. The number of amides is 2. The number of benzene rings is 1. The van der Waals surface area contributed by atoms with Crippen molar-refractivity contribution in [1.82, 2.24) is 16.0 Å². The summed E-state index contributed by atoms with van der Waals surface area (Å²) in [6.07, 6.45) is 3.69. The van der Waals surface area contributed by atoms with E-state index >= 15 is 0 Å². The van der Waals surface area contributed by atoms with Crippen LogP contribution in [0, 0.1) is 0 Å². The predicted octanol–water partition coefficient (Wildman–Crippen LogP) is 3.94. The third kappa shape index (κ3) is 3.86.